The first-order valence-electron chi connectivity index (χ1n) is 5.52. The highest BCUT2D eigenvalue weighted by Gasteiger charge is 2.32. The molecule has 1 atom stereocenters. The lowest BCUT2D eigenvalue weighted by atomic mass is 9.89. The normalized spacial score (nSPS) is 23.7. The number of aliphatic hydroxyl groups is 1. The molecule has 0 radical (unpaired) electrons. The predicted octanol–water partition coefficient (Wildman–Crippen LogP) is 0.992. The molecule has 1 rings (SSSR count). The monoisotopic (exact) mass is 215 g/mol. The van der Waals surface area contributed by atoms with E-state index in [1.54, 1.807) is 0 Å². The fourth-order valence-electron chi connectivity index (χ4n) is 2.09. The molecule has 0 saturated heterocycles. The number of carboxylic acid groups (broad SMARTS) is 1. The third-order valence-electron chi connectivity index (χ3n) is 3.29. The molecule has 15 heavy (non-hydrogen) atoms. The molecule has 0 aromatic heterocycles. The summed E-state index contributed by atoms with van der Waals surface area (Å²) in [4.78, 5) is 10.6. The second-order valence-electron chi connectivity index (χ2n) is 5.20. The maximum absolute atomic E-state index is 10.6. The third-order valence-corrected chi connectivity index (χ3v) is 3.29. The summed E-state index contributed by atoms with van der Waals surface area (Å²) in [6, 6.07) is 0. The second-order valence-corrected chi connectivity index (χ2v) is 5.20. The van der Waals surface area contributed by atoms with Gasteiger partial charge in [-0.05, 0) is 25.2 Å². The van der Waals surface area contributed by atoms with Gasteiger partial charge < -0.3 is 15.5 Å². The zero-order valence-electron chi connectivity index (χ0n) is 9.55. The van der Waals surface area contributed by atoms with Crippen molar-refractivity contribution >= 4 is 5.97 Å². The van der Waals surface area contributed by atoms with Crippen LogP contribution in [0.25, 0.3) is 0 Å². The molecular weight excluding hydrogens is 194 g/mol. The van der Waals surface area contributed by atoms with Crippen LogP contribution in [0.2, 0.25) is 0 Å². The van der Waals surface area contributed by atoms with Crippen LogP contribution in [0, 0.1) is 5.41 Å². The number of carboxylic acids is 1. The van der Waals surface area contributed by atoms with Crippen molar-refractivity contribution < 1.29 is 15.0 Å². The lowest BCUT2D eigenvalue weighted by Gasteiger charge is -2.26. The van der Waals surface area contributed by atoms with Crippen LogP contribution >= 0.6 is 0 Å². The Balaban J connectivity index is 2.29. The topological polar surface area (TPSA) is 69.6 Å². The van der Waals surface area contributed by atoms with Crippen molar-refractivity contribution in [1.82, 2.24) is 5.32 Å². The van der Waals surface area contributed by atoms with E-state index in [9.17, 15) is 9.90 Å². The van der Waals surface area contributed by atoms with Gasteiger partial charge in [0.1, 0.15) is 0 Å². The summed E-state index contributed by atoms with van der Waals surface area (Å²) in [5.41, 5.74) is -1.37. The van der Waals surface area contributed by atoms with Gasteiger partial charge in [0.05, 0.1) is 0 Å². The van der Waals surface area contributed by atoms with Gasteiger partial charge in [-0.3, -0.25) is 0 Å². The van der Waals surface area contributed by atoms with E-state index in [4.69, 9.17) is 5.11 Å². The Morgan fingerprint density at radius 2 is 2.00 bits per heavy atom. The first-order chi connectivity index (χ1) is 6.86. The molecule has 1 saturated carbocycles. The van der Waals surface area contributed by atoms with Gasteiger partial charge in [0, 0.05) is 13.1 Å². The smallest absolute Gasteiger partial charge is 0.336 e. The summed E-state index contributed by atoms with van der Waals surface area (Å²) in [5.74, 6) is -1.17. The van der Waals surface area contributed by atoms with Gasteiger partial charge in [-0.15, -0.1) is 0 Å². The quantitative estimate of drug-likeness (QED) is 0.639. The van der Waals surface area contributed by atoms with Crippen LogP contribution in [0.5, 0.6) is 0 Å². The number of carbonyl (C=O) groups is 1. The van der Waals surface area contributed by atoms with Gasteiger partial charge in [0.15, 0.2) is 5.60 Å². The molecule has 0 aromatic carbocycles. The minimum atomic E-state index is -1.66. The molecule has 0 spiro atoms. The van der Waals surface area contributed by atoms with E-state index < -0.39 is 11.6 Å². The minimum absolute atomic E-state index is 0.109. The molecule has 1 fully saturated rings. The van der Waals surface area contributed by atoms with Crippen LogP contribution < -0.4 is 5.32 Å². The largest absolute Gasteiger partial charge is 0.479 e. The van der Waals surface area contributed by atoms with Gasteiger partial charge in [-0.25, -0.2) is 4.79 Å². The molecule has 0 aromatic rings. The maximum Gasteiger partial charge on any atom is 0.336 e. The summed E-state index contributed by atoms with van der Waals surface area (Å²) < 4.78 is 0. The number of nitrogens with one attached hydrogen (secondary N) is 1. The molecule has 0 bridgehead atoms. The van der Waals surface area contributed by atoms with E-state index in [1.807, 2.05) is 0 Å². The Morgan fingerprint density at radius 1 is 1.47 bits per heavy atom. The summed E-state index contributed by atoms with van der Waals surface area (Å²) in [7, 11) is 0. The van der Waals surface area contributed by atoms with Crippen molar-refractivity contribution in [1.29, 1.82) is 0 Å². The summed E-state index contributed by atoms with van der Waals surface area (Å²) >= 11 is 0. The number of hydrogen-bond acceptors (Lipinski definition) is 3. The number of aliphatic carboxylic acids is 1. The lowest BCUT2D eigenvalue weighted by molar-refractivity contribution is -0.156. The molecule has 1 aliphatic carbocycles. The standard InChI is InChI=1S/C11H21NO3/c1-10(5-3-4-6-10)7-12-8-11(2,15)9(13)14/h12,15H,3-8H2,1-2H3,(H,13,14). The van der Waals surface area contributed by atoms with Gasteiger partial charge >= 0.3 is 5.97 Å². The van der Waals surface area contributed by atoms with Gasteiger partial charge in [-0.1, -0.05) is 19.8 Å². The number of rotatable bonds is 5. The summed E-state index contributed by atoms with van der Waals surface area (Å²) in [6.45, 7) is 4.43. The highest BCUT2D eigenvalue weighted by molar-refractivity contribution is 5.76. The van der Waals surface area contributed by atoms with E-state index in [2.05, 4.69) is 12.2 Å². The Hall–Kier alpha value is -0.610. The Bertz CT molecular complexity index is 232. The Kier molecular flexibility index (Phi) is 3.73. The van der Waals surface area contributed by atoms with Crippen LogP contribution in [-0.4, -0.2) is 34.9 Å². The Morgan fingerprint density at radius 3 is 2.47 bits per heavy atom. The van der Waals surface area contributed by atoms with E-state index in [1.165, 1.54) is 32.6 Å². The van der Waals surface area contributed by atoms with Crippen LogP contribution in [0.3, 0.4) is 0 Å². The van der Waals surface area contributed by atoms with Crippen molar-refractivity contribution in [2.24, 2.45) is 5.41 Å². The van der Waals surface area contributed by atoms with Crippen LogP contribution in [0.4, 0.5) is 0 Å². The third kappa shape index (κ3) is 3.47. The second kappa shape index (κ2) is 4.49. The molecular formula is C11H21NO3. The molecule has 1 unspecified atom stereocenters. The van der Waals surface area contributed by atoms with E-state index in [0.717, 1.165) is 6.54 Å². The average Bonchev–Trinajstić information content (AvgIpc) is 2.51. The maximum atomic E-state index is 10.6. The molecule has 0 aliphatic heterocycles. The summed E-state index contributed by atoms with van der Waals surface area (Å²) in [6.07, 6.45) is 4.89. The molecule has 3 N–H and O–H groups in total. The first-order valence-corrected chi connectivity index (χ1v) is 5.52. The number of hydrogen-bond donors (Lipinski definition) is 3. The zero-order chi connectivity index (χ0) is 11.5. The highest BCUT2D eigenvalue weighted by atomic mass is 16.4. The molecule has 0 heterocycles. The van der Waals surface area contributed by atoms with Crippen LogP contribution in [0.1, 0.15) is 39.5 Å². The van der Waals surface area contributed by atoms with E-state index in [-0.39, 0.29) is 12.0 Å². The summed E-state index contributed by atoms with van der Waals surface area (Å²) in [5, 5.41) is 21.3. The lowest BCUT2D eigenvalue weighted by Crippen LogP contribution is -2.46. The molecule has 88 valence electrons. The van der Waals surface area contributed by atoms with Crippen molar-refractivity contribution in [3.05, 3.63) is 0 Å². The van der Waals surface area contributed by atoms with Gasteiger partial charge in [0.25, 0.3) is 0 Å². The first kappa shape index (κ1) is 12.5. The molecule has 0 amide bonds. The van der Waals surface area contributed by atoms with Crippen molar-refractivity contribution in [3.63, 3.8) is 0 Å². The predicted molar refractivity (Wildman–Crippen MR) is 57.7 cm³/mol. The fourth-order valence-corrected chi connectivity index (χ4v) is 2.09. The van der Waals surface area contributed by atoms with E-state index >= 15 is 0 Å². The van der Waals surface area contributed by atoms with Gasteiger partial charge in [-0.2, -0.15) is 0 Å². The minimum Gasteiger partial charge on any atom is -0.479 e. The van der Waals surface area contributed by atoms with Crippen molar-refractivity contribution in [3.8, 4) is 0 Å². The van der Waals surface area contributed by atoms with Crippen LogP contribution in [0.15, 0.2) is 0 Å². The SMILES string of the molecule is CC1(CNCC(C)(O)C(=O)O)CCCC1. The van der Waals surface area contributed by atoms with Crippen molar-refractivity contribution in [2.75, 3.05) is 13.1 Å². The molecule has 1 aliphatic rings. The molecule has 4 heteroatoms. The fraction of sp³-hybridized carbons (Fsp3) is 0.909. The van der Waals surface area contributed by atoms with Crippen molar-refractivity contribution in [2.45, 2.75) is 45.1 Å². The zero-order valence-corrected chi connectivity index (χ0v) is 9.55. The highest BCUT2D eigenvalue weighted by Crippen LogP contribution is 2.36. The molecule has 4 nitrogen and oxygen atoms in total. The van der Waals surface area contributed by atoms with Gasteiger partial charge in [0.2, 0.25) is 0 Å². The Labute approximate surface area is 90.7 Å². The van der Waals surface area contributed by atoms with E-state index in [0.29, 0.717) is 0 Å². The average molecular weight is 215 g/mol. The van der Waals surface area contributed by atoms with Crippen LogP contribution in [-0.2, 0) is 4.79 Å².